The van der Waals surface area contributed by atoms with Gasteiger partial charge in [0.1, 0.15) is 6.04 Å². The molecular weight excluding hydrogens is 308 g/mol. The van der Waals surface area contributed by atoms with E-state index < -0.39 is 41.2 Å². The second-order valence-corrected chi connectivity index (χ2v) is 6.02. The molecular formula is C14H18N2O5S. The molecule has 22 heavy (non-hydrogen) atoms. The predicted octanol–water partition coefficient (Wildman–Crippen LogP) is -0.283. The zero-order chi connectivity index (χ0) is 16.5. The summed E-state index contributed by atoms with van der Waals surface area (Å²) in [5.41, 5.74) is 5.21. The van der Waals surface area contributed by atoms with Gasteiger partial charge >= 0.3 is 5.97 Å². The third-order valence-electron chi connectivity index (χ3n) is 2.68. The molecule has 7 nitrogen and oxygen atoms in total. The number of nitrogens with two attached hydrogens (primary N) is 1. The second kappa shape index (κ2) is 8.93. The highest BCUT2D eigenvalue weighted by atomic mass is 32.2. The van der Waals surface area contributed by atoms with Gasteiger partial charge in [0.05, 0.1) is 10.8 Å². The number of hydrogen-bond donors (Lipinski definition) is 2. The molecule has 1 rings (SSSR count). The molecule has 2 atom stereocenters. The van der Waals surface area contributed by atoms with E-state index in [2.05, 4.69) is 10.1 Å². The lowest BCUT2D eigenvalue weighted by Crippen LogP contribution is -2.46. The summed E-state index contributed by atoms with van der Waals surface area (Å²) in [6.45, 7) is 0.683. The third-order valence-corrected chi connectivity index (χ3v) is 4.09. The molecule has 1 aromatic carbocycles. The molecule has 0 aliphatic rings. The van der Waals surface area contributed by atoms with Crippen molar-refractivity contribution in [1.82, 2.24) is 5.32 Å². The van der Waals surface area contributed by atoms with Gasteiger partial charge in [0.15, 0.2) is 6.61 Å². The number of carbonyl (C=O) groups excluding carboxylic acids is 3. The second-order valence-electron chi connectivity index (χ2n) is 4.45. The maximum atomic E-state index is 12.0. The van der Waals surface area contributed by atoms with E-state index in [0.717, 1.165) is 0 Å². The fourth-order valence-corrected chi connectivity index (χ4v) is 2.75. The Morgan fingerprint density at radius 1 is 1.27 bits per heavy atom. The number of esters is 1. The Morgan fingerprint density at radius 3 is 2.45 bits per heavy atom. The maximum Gasteiger partial charge on any atom is 0.303 e. The van der Waals surface area contributed by atoms with Gasteiger partial charge in [-0.15, -0.1) is 0 Å². The van der Waals surface area contributed by atoms with Gasteiger partial charge in [-0.25, -0.2) is 0 Å². The van der Waals surface area contributed by atoms with E-state index in [9.17, 15) is 18.6 Å². The van der Waals surface area contributed by atoms with Crippen LogP contribution < -0.4 is 11.1 Å². The minimum atomic E-state index is -1.29. The van der Waals surface area contributed by atoms with Gasteiger partial charge in [-0.2, -0.15) is 0 Å². The fraction of sp³-hybridized carbons (Fsp3) is 0.357. The molecule has 1 aromatic rings. The minimum Gasteiger partial charge on any atom is -0.456 e. The summed E-state index contributed by atoms with van der Waals surface area (Å²) in [6.07, 6.45) is 0.128. The highest BCUT2D eigenvalue weighted by Crippen LogP contribution is 2.07. The van der Waals surface area contributed by atoms with E-state index >= 15 is 0 Å². The molecule has 0 aliphatic heterocycles. The number of carbonyl (C=O) groups is 3. The van der Waals surface area contributed by atoms with Crippen molar-refractivity contribution in [3.05, 3.63) is 30.3 Å². The first-order valence-electron chi connectivity index (χ1n) is 6.55. The first-order valence-corrected chi connectivity index (χ1v) is 7.87. The zero-order valence-electron chi connectivity index (χ0n) is 12.1. The lowest BCUT2D eigenvalue weighted by atomic mass is 10.2. The Labute approximate surface area is 130 Å². The average Bonchev–Trinajstić information content (AvgIpc) is 2.49. The molecule has 0 unspecified atom stereocenters. The van der Waals surface area contributed by atoms with Crippen molar-refractivity contribution in [2.45, 2.75) is 24.3 Å². The van der Waals surface area contributed by atoms with Gasteiger partial charge < -0.3 is 15.8 Å². The molecule has 0 bridgehead atoms. The van der Waals surface area contributed by atoms with Gasteiger partial charge in [-0.3, -0.25) is 18.6 Å². The Morgan fingerprint density at radius 2 is 1.91 bits per heavy atom. The first-order chi connectivity index (χ1) is 10.4. The molecule has 0 saturated carbocycles. The monoisotopic (exact) mass is 326 g/mol. The van der Waals surface area contributed by atoms with E-state index in [1.54, 1.807) is 24.3 Å². The van der Waals surface area contributed by atoms with Crippen molar-refractivity contribution < 1.29 is 23.3 Å². The van der Waals surface area contributed by atoms with Crippen LogP contribution in [0.5, 0.6) is 0 Å². The summed E-state index contributed by atoms with van der Waals surface area (Å²) in [6, 6.07) is 7.81. The lowest BCUT2D eigenvalue weighted by molar-refractivity contribution is -0.146. The molecule has 0 heterocycles. The molecule has 8 heteroatoms. The summed E-state index contributed by atoms with van der Waals surface area (Å²) in [4.78, 5) is 34.1. The van der Waals surface area contributed by atoms with Crippen LogP contribution in [0, 0.1) is 0 Å². The van der Waals surface area contributed by atoms with Crippen LogP contribution in [0.2, 0.25) is 0 Å². The van der Waals surface area contributed by atoms with Crippen LogP contribution in [0.3, 0.4) is 0 Å². The van der Waals surface area contributed by atoms with Crippen molar-refractivity contribution >= 4 is 28.6 Å². The van der Waals surface area contributed by atoms with Crippen molar-refractivity contribution in [2.24, 2.45) is 5.73 Å². The molecule has 0 aromatic heterocycles. The third kappa shape index (κ3) is 6.49. The quantitative estimate of drug-likeness (QED) is 0.637. The Hall–Kier alpha value is -2.22. The van der Waals surface area contributed by atoms with Gasteiger partial charge in [0.2, 0.25) is 5.91 Å². The van der Waals surface area contributed by atoms with E-state index in [-0.39, 0.29) is 12.2 Å². The zero-order valence-corrected chi connectivity index (χ0v) is 12.9. The summed E-state index contributed by atoms with van der Waals surface area (Å²) in [7, 11) is -1.29. The van der Waals surface area contributed by atoms with Crippen LogP contribution in [0.1, 0.15) is 13.3 Å². The topological polar surface area (TPSA) is 116 Å². The molecule has 0 saturated heterocycles. The summed E-state index contributed by atoms with van der Waals surface area (Å²) < 4.78 is 16.6. The van der Waals surface area contributed by atoms with Crippen LogP contribution in [0.25, 0.3) is 0 Å². The predicted molar refractivity (Wildman–Crippen MR) is 80.1 cm³/mol. The van der Waals surface area contributed by atoms with E-state index in [1.165, 1.54) is 6.92 Å². The van der Waals surface area contributed by atoms with E-state index in [1.807, 2.05) is 6.07 Å². The van der Waals surface area contributed by atoms with Crippen molar-refractivity contribution in [2.75, 3.05) is 12.4 Å². The smallest absolute Gasteiger partial charge is 0.303 e. The number of primary amides is 1. The summed E-state index contributed by atoms with van der Waals surface area (Å²) in [5, 5.41) is 2.35. The summed E-state index contributed by atoms with van der Waals surface area (Å²) >= 11 is 0. The van der Waals surface area contributed by atoms with E-state index in [0.29, 0.717) is 4.90 Å². The number of ether oxygens (including phenoxy) is 1. The van der Waals surface area contributed by atoms with Crippen LogP contribution in [0.4, 0.5) is 0 Å². The van der Waals surface area contributed by atoms with Crippen molar-refractivity contribution in [3.63, 3.8) is 0 Å². The number of hydrogen-bond acceptors (Lipinski definition) is 5. The largest absolute Gasteiger partial charge is 0.456 e. The number of rotatable bonds is 8. The number of nitrogens with one attached hydrogen (secondary N) is 1. The Balaban J connectivity index is 2.51. The van der Waals surface area contributed by atoms with Gasteiger partial charge in [-0.1, -0.05) is 18.2 Å². The molecule has 0 spiro atoms. The van der Waals surface area contributed by atoms with Crippen LogP contribution in [0.15, 0.2) is 35.2 Å². The number of benzene rings is 1. The first kappa shape index (κ1) is 17.8. The van der Waals surface area contributed by atoms with Crippen LogP contribution in [-0.2, 0) is 29.9 Å². The van der Waals surface area contributed by atoms with Crippen molar-refractivity contribution in [1.29, 1.82) is 0 Å². The van der Waals surface area contributed by atoms with Crippen LogP contribution >= 0.6 is 0 Å². The maximum absolute atomic E-state index is 12.0. The molecule has 0 radical (unpaired) electrons. The number of amides is 2. The van der Waals surface area contributed by atoms with Gasteiger partial charge in [0.25, 0.3) is 5.91 Å². The van der Waals surface area contributed by atoms with Crippen molar-refractivity contribution in [3.8, 4) is 0 Å². The summed E-state index contributed by atoms with van der Waals surface area (Å²) in [5.74, 6) is -1.80. The highest BCUT2D eigenvalue weighted by Gasteiger charge is 2.19. The molecule has 2 amide bonds. The normalized spacial score (nSPS) is 13.0. The molecule has 0 aliphatic carbocycles. The molecule has 120 valence electrons. The Kier molecular flexibility index (Phi) is 7.24. The SMILES string of the molecule is CC(=O)OCC(=O)N[C@@H](CC[S@@](=O)c1ccccc1)C(N)=O. The Bertz CT molecular complexity index is 562. The lowest BCUT2D eigenvalue weighted by Gasteiger charge is -2.15. The standard InChI is InChI=1S/C14H18N2O5S/c1-10(17)21-9-13(18)16-12(14(15)19)7-8-22(20)11-5-3-2-4-6-11/h2-6,12H,7-9H2,1H3,(H2,15,19)(H,16,18)/t12-,22+/m0/s1. The van der Waals surface area contributed by atoms with Gasteiger partial charge in [0, 0.05) is 17.6 Å². The highest BCUT2D eigenvalue weighted by molar-refractivity contribution is 7.85. The average molecular weight is 326 g/mol. The van der Waals surface area contributed by atoms with E-state index in [4.69, 9.17) is 5.73 Å². The molecule has 0 fully saturated rings. The van der Waals surface area contributed by atoms with Gasteiger partial charge in [-0.05, 0) is 18.6 Å². The molecule has 3 N–H and O–H groups in total. The fourth-order valence-electron chi connectivity index (χ4n) is 1.60. The van der Waals surface area contributed by atoms with Crippen LogP contribution in [-0.4, -0.2) is 40.4 Å². The minimum absolute atomic E-state index is 0.128.